The van der Waals surface area contributed by atoms with E-state index < -0.39 is 0 Å². The average Bonchev–Trinajstić information content (AvgIpc) is 3.04. The number of benzene rings is 1. The van der Waals surface area contributed by atoms with Gasteiger partial charge in [0.25, 0.3) is 0 Å². The minimum atomic E-state index is 0.955. The first-order valence-electron chi connectivity index (χ1n) is 8.21. The molecule has 0 amide bonds. The zero-order valence-corrected chi connectivity index (χ0v) is 14.2. The summed E-state index contributed by atoms with van der Waals surface area (Å²) in [4.78, 5) is 8.19. The summed E-state index contributed by atoms with van der Waals surface area (Å²) in [6, 6.07) is 14.6. The molecule has 4 heteroatoms. The quantitative estimate of drug-likeness (QED) is 0.587. The van der Waals surface area contributed by atoms with E-state index >= 15 is 0 Å². The highest BCUT2D eigenvalue weighted by Crippen LogP contribution is 2.35. The number of hydrogen-bond donors (Lipinski definition) is 1. The van der Waals surface area contributed by atoms with E-state index in [1.165, 1.54) is 16.7 Å². The molecule has 0 aliphatic heterocycles. The zero-order valence-electron chi connectivity index (χ0n) is 14.2. The molecule has 0 atom stereocenters. The molecule has 4 aromatic rings. The fraction of sp³-hybridized carbons (Fsp3) is 0.0952. The SMILES string of the molecule is Cc1cc(-c2c(-c3ccncc3)n[nH]c2C)ccc1-c1ccncc1. The van der Waals surface area contributed by atoms with Crippen LogP contribution in [-0.2, 0) is 0 Å². The number of aromatic amines is 1. The van der Waals surface area contributed by atoms with Crippen LogP contribution in [-0.4, -0.2) is 20.2 Å². The Morgan fingerprint density at radius 2 is 1.36 bits per heavy atom. The smallest absolute Gasteiger partial charge is 0.100 e. The lowest BCUT2D eigenvalue weighted by atomic mass is 9.94. The summed E-state index contributed by atoms with van der Waals surface area (Å²) < 4.78 is 0. The number of aryl methyl sites for hydroxylation is 2. The molecular formula is C21H18N4. The van der Waals surface area contributed by atoms with Gasteiger partial charge >= 0.3 is 0 Å². The number of rotatable bonds is 3. The van der Waals surface area contributed by atoms with Crippen molar-refractivity contribution < 1.29 is 0 Å². The Labute approximate surface area is 146 Å². The van der Waals surface area contributed by atoms with Gasteiger partial charge in [0.1, 0.15) is 5.69 Å². The summed E-state index contributed by atoms with van der Waals surface area (Å²) in [5, 5.41) is 7.63. The van der Waals surface area contributed by atoms with Crippen LogP contribution in [0.2, 0.25) is 0 Å². The molecule has 0 aliphatic rings. The van der Waals surface area contributed by atoms with Crippen molar-refractivity contribution in [1.82, 2.24) is 20.2 Å². The van der Waals surface area contributed by atoms with Gasteiger partial charge in [-0.3, -0.25) is 15.1 Å². The number of nitrogens with one attached hydrogen (secondary N) is 1. The van der Waals surface area contributed by atoms with Gasteiger partial charge in [0.05, 0.1) is 0 Å². The lowest BCUT2D eigenvalue weighted by Gasteiger charge is -2.10. The summed E-state index contributed by atoms with van der Waals surface area (Å²) in [6.07, 6.45) is 7.23. The Balaban J connectivity index is 1.82. The van der Waals surface area contributed by atoms with Crippen molar-refractivity contribution in [2.75, 3.05) is 0 Å². The van der Waals surface area contributed by atoms with Gasteiger partial charge in [0.15, 0.2) is 0 Å². The second-order valence-corrected chi connectivity index (χ2v) is 6.07. The van der Waals surface area contributed by atoms with E-state index in [4.69, 9.17) is 0 Å². The van der Waals surface area contributed by atoms with Crippen molar-refractivity contribution in [3.05, 3.63) is 78.5 Å². The number of nitrogens with zero attached hydrogens (tertiary/aromatic N) is 3. The monoisotopic (exact) mass is 326 g/mol. The lowest BCUT2D eigenvalue weighted by Crippen LogP contribution is -1.88. The minimum absolute atomic E-state index is 0.955. The summed E-state index contributed by atoms with van der Waals surface area (Å²) >= 11 is 0. The van der Waals surface area contributed by atoms with Gasteiger partial charge in [-0.15, -0.1) is 0 Å². The third-order valence-corrected chi connectivity index (χ3v) is 4.41. The van der Waals surface area contributed by atoms with Crippen molar-refractivity contribution in [3.63, 3.8) is 0 Å². The zero-order chi connectivity index (χ0) is 17.2. The second-order valence-electron chi connectivity index (χ2n) is 6.07. The van der Waals surface area contributed by atoms with Crippen LogP contribution in [0.4, 0.5) is 0 Å². The van der Waals surface area contributed by atoms with Gasteiger partial charge in [-0.1, -0.05) is 18.2 Å². The molecule has 4 rings (SSSR count). The van der Waals surface area contributed by atoms with Crippen molar-refractivity contribution in [2.24, 2.45) is 0 Å². The Hall–Kier alpha value is -3.27. The molecule has 1 aromatic carbocycles. The Kier molecular flexibility index (Phi) is 3.86. The first-order chi connectivity index (χ1) is 12.2. The molecule has 25 heavy (non-hydrogen) atoms. The maximum absolute atomic E-state index is 4.51. The van der Waals surface area contributed by atoms with Gasteiger partial charge in [0, 0.05) is 41.6 Å². The van der Waals surface area contributed by atoms with Crippen LogP contribution in [0.15, 0.2) is 67.3 Å². The van der Waals surface area contributed by atoms with Crippen LogP contribution in [0.25, 0.3) is 33.5 Å². The molecule has 122 valence electrons. The topological polar surface area (TPSA) is 54.5 Å². The van der Waals surface area contributed by atoms with E-state index in [0.717, 1.165) is 28.1 Å². The third kappa shape index (κ3) is 2.83. The molecule has 4 nitrogen and oxygen atoms in total. The highest BCUT2D eigenvalue weighted by molar-refractivity contribution is 5.84. The molecule has 0 radical (unpaired) electrons. The van der Waals surface area contributed by atoms with Crippen molar-refractivity contribution in [2.45, 2.75) is 13.8 Å². The number of pyridine rings is 2. The van der Waals surface area contributed by atoms with Crippen molar-refractivity contribution in [3.8, 4) is 33.5 Å². The van der Waals surface area contributed by atoms with Crippen LogP contribution in [0.3, 0.4) is 0 Å². The molecule has 0 spiro atoms. The minimum Gasteiger partial charge on any atom is -0.282 e. The number of aromatic nitrogens is 4. The molecule has 0 aliphatic carbocycles. The molecule has 1 N–H and O–H groups in total. The van der Waals surface area contributed by atoms with Crippen LogP contribution < -0.4 is 0 Å². The first kappa shape index (κ1) is 15.3. The van der Waals surface area contributed by atoms with Gasteiger partial charge in [0.2, 0.25) is 0 Å². The Bertz CT molecular complexity index is 1000. The van der Waals surface area contributed by atoms with Gasteiger partial charge < -0.3 is 0 Å². The molecule has 0 saturated heterocycles. The summed E-state index contributed by atoms with van der Waals surface area (Å²) in [6.45, 7) is 4.19. The fourth-order valence-corrected chi connectivity index (χ4v) is 3.18. The summed E-state index contributed by atoms with van der Waals surface area (Å²) in [5.41, 5.74) is 8.99. The lowest BCUT2D eigenvalue weighted by molar-refractivity contribution is 1.05. The second kappa shape index (κ2) is 6.32. The van der Waals surface area contributed by atoms with Crippen LogP contribution in [0.5, 0.6) is 0 Å². The summed E-state index contributed by atoms with van der Waals surface area (Å²) in [7, 11) is 0. The largest absolute Gasteiger partial charge is 0.282 e. The third-order valence-electron chi connectivity index (χ3n) is 4.41. The van der Waals surface area contributed by atoms with E-state index in [1.54, 1.807) is 12.4 Å². The number of hydrogen-bond acceptors (Lipinski definition) is 3. The molecule has 0 saturated carbocycles. The standard InChI is InChI=1S/C21H18N4/c1-14-13-18(3-4-19(14)16-5-9-22-10-6-16)20-15(2)24-25-21(20)17-7-11-23-12-8-17/h3-13H,1-2H3,(H,24,25). The Morgan fingerprint density at radius 3 is 2.00 bits per heavy atom. The van der Waals surface area contributed by atoms with Gasteiger partial charge in [-0.2, -0.15) is 5.10 Å². The van der Waals surface area contributed by atoms with E-state index in [0.29, 0.717) is 0 Å². The highest BCUT2D eigenvalue weighted by Gasteiger charge is 2.15. The van der Waals surface area contributed by atoms with E-state index in [2.05, 4.69) is 52.2 Å². The number of H-pyrrole nitrogens is 1. The van der Waals surface area contributed by atoms with Crippen molar-refractivity contribution >= 4 is 0 Å². The van der Waals surface area contributed by atoms with Crippen LogP contribution >= 0.6 is 0 Å². The maximum Gasteiger partial charge on any atom is 0.100 e. The highest BCUT2D eigenvalue weighted by atomic mass is 15.1. The molecule has 0 fully saturated rings. The maximum atomic E-state index is 4.51. The van der Waals surface area contributed by atoms with E-state index in [9.17, 15) is 0 Å². The first-order valence-corrected chi connectivity index (χ1v) is 8.21. The molecular weight excluding hydrogens is 308 g/mol. The Morgan fingerprint density at radius 1 is 0.720 bits per heavy atom. The van der Waals surface area contributed by atoms with E-state index in [-0.39, 0.29) is 0 Å². The summed E-state index contributed by atoms with van der Waals surface area (Å²) in [5.74, 6) is 0. The fourth-order valence-electron chi connectivity index (χ4n) is 3.18. The average molecular weight is 326 g/mol. The molecule has 3 heterocycles. The van der Waals surface area contributed by atoms with Crippen LogP contribution in [0.1, 0.15) is 11.3 Å². The van der Waals surface area contributed by atoms with Gasteiger partial charge in [-0.25, -0.2) is 0 Å². The predicted octanol–water partition coefficient (Wildman–Crippen LogP) is 4.82. The van der Waals surface area contributed by atoms with Crippen LogP contribution in [0, 0.1) is 13.8 Å². The normalized spacial score (nSPS) is 10.8. The molecule has 0 bridgehead atoms. The predicted molar refractivity (Wildman–Crippen MR) is 100.0 cm³/mol. The van der Waals surface area contributed by atoms with Crippen molar-refractivity contribution in [1.29, 1.82) is 0 Å². The molecule has 3 aromatic heterocycles. The van der Waals surface area contributed by atoms with E-state index in [1.807, 2.05) is 36.7 Å². The molecule has 0 unspecified atom stereocenters. The van der Waals surface area contributed by atoms with Gasteiger partial charge in [-0.05, 0) is 60.4 Å².